The molecule has 1 unspecified atom stereocenters. The average Bonchev–Trinajstić information content (AvgIpc) is 2.61. The maximum atomic E-state index is 10.6. The molecule has 1 amide bonds. The molecule has 6 heteroatoms. The van der Waals surface area contributed by atoms with Gasteiger partial charge in [0.15, 0.2) is 0 Å². The highest BCUT2D eigenvalue weighted by Gasteiger charge is 2.13. The van der Waals surface area contributed by atoms with Gasteiger partial charge in [0.2, 0.25) is 5.91 Å². The zero-order valence-electron chi connectivity index (χ0n) is 8.93. The molecule has 0 aromatic carbocycles. The number of rotatable bonds is 5. The lowest BCUT2D eigenvalue weighted by Gasteiger charge is -2.05. The van der Waals surface area contributed by atoms with E-state index in [4.69, 9.17) is 20.6 Å². The topological polar surface area (TPSA) is 109 Å². The summed E-state index contributed by atoms with van der Waals surface area (Å²) in [5.41, 5.74) is 10.7. The number of hydrogen-bond acceptors (Lipinski definition) is 5. The molecular formula is C10H14N2O4. The number of ether oxygens (including phenoxy) is 1. The van der Waals surface area contributed by atoms with Crippen molar-refractivity contribution in [3.05, 3.63) is 23.7 Å². The molecule has 16 heavy (non-hydrogen) atoms. The van der Waals surface area contributed by atoms with Gasteiger partial charge in [0, 0.05) is 13.3 Å². The number of esters is 1. The zero-order chi connectivity index (χ0) is 12.1. The molecular weight excluding hydrogens is 212 g/mol. The molecule has 4 N–H and O–H groups in total. The van der Waals surface area contributed by atoms with Gasteiger partial charge in [-0.2, -0.15) is 0 Å². The molecule has 0 fully saturated rings. The van der Waals surface area contributed by atoms with E-state index in [2.05, 4.69) is 0 Å². The smallest absolute Gasteiger partial charge is 0.303 e. The zero-order valence-corrected chi connectivity index (χ0v) is 8.93. The van der Waals surface area contributed by atoms with Crippen LogP contribution in [0.4, 0.5) is 0 Å². The van der Waals surface area contributed by atoms with Gasteiger partial charge in [0.05, 0.1) is 6.04 Å². The summed E-state index contributed by atoms with van der Waals surface area (Å²) in [4.78, 5) is 21.2. The number of primary amides is 1. The van der Waals surface area contributed by atoms with Gasteiger partial charge in [-0.25, -0.2) is 0 Å². The molecule has 0 bridgehead atoms. The van der Waals surface area contributed by atoms with Crippen LogP contribution in [0.25, 0.3) is 0 Å². The third-order valence-corrected chi connectivity index (χ3v) is 1.89. The molecule has 1 aromatic heterocycles. The Labute approximate surface area is 92.5 Å². The van der Waals surface area contributed by atoms with Crippen LogP contribution in [-0.2, 0) is 20.9 Å². The van der Waals surface area contributed by atoms with Crippen LogP contribution in [0, 0.1) is 0 Å². The van der Waals surface area contributed by atoms with Crippen molar-refractivity contribution in [1.82, 2.24) is 0 Å². The number of furan rings is 1. The van der Waals surface area contributed by atoms with Gasteiger partial charge in [-0.05, 0) is 12.1 Å². The second-order valence-corrected chi connectivity index (χ2v) is 3.36. The molecule has 88 valence electrons. The molecule has 1 heterocycles. The second kappa shape index (κ2) is 5.32. The fourth-order valence-electron chi connectivity index (χ4n) is 1.16. The molecule has 0 saturated carbocycles. The Morgan fingerprint density at radius 1 is 1.50 bits per heavy atom. The maximum Gasteiger partial charge on any atom is 0.303 e. The van der Waals surface area contributed by atoms with Gasteiger partial charge in [-0.1, -0.05) is 0 Å². The third-order valence-electron chi connectivity index (χ3n) is 1.89. The van der Waals surface area contributed by atoms with E-state index in [0.29, 0.717) is 11.5 Å². The Morgan fingerprint density at radius 2 is 2.19 bits per heavy atom. The summed E-state index contributed by atoms with van der Waals surface area (Å²) >= 11 is 0. The fourth-order valence-corrected chi connectivity index (χ4v) is 1.16. The van der Waals surface area contributed by atoms with E-state index >= 15 is 0 Å². The Kier molecular flexibility index (Phi) is 4.07. The van der Waals surface area contributed by atoms with Gasteiger partial charge >= 0.3 is 5.97 Å². The molecule has 1 atom stereocenters. The quantitative estimate of drug-likeness (QED) is 0.698. The van der Waals surface area contributed by atoms with Crippen LogP contribution in [0.5, 0.6) is 0 Å². The minimum Gasteiger partial charge on any atom is -0.461 e. The molecule has 0 aliphatic rings. The first kappa shape index (κ1) is 12.3. The highest BCUT2D eigenvalue weighted by molar-refractivity contribution is 5.74. The van der Waals surface area contributed by atoms with E-state index in [1.54, 1.807) is 12.1 Å². The maximum absolute atomic E-state index is 10.6. The van der Waals surface area contributed by atoms with Crippen LogP contribution < -0.4 is 11.5 Å². The minimum absolute atomic E-state index is 0.0144. The summed E-state index contributed by atoms with van der Waals surface area (Å²) in [5, 5.41) is 0. The van der Waals surface area contributed by atoms with E-state index < -0.39 is 11.9 Å². The van der Waals surface area contributed by atoms with Crippen molar-refractivity contribution in [2.24, 2.45) is 11.5 Å². The van der Waals surface area contributed by atoms with Crippen LogP contribution >= 0.6 is 0 Å². The average molecular weight is 226 g/mol. The van der Waals surface area contributed by atoms with E-state index in [0.717, 1.165) is 0 Å². The lowest BCUT2D eigenvalue weighted by molar-refractivity contribution is -0.142. The van der Waals surface area contributed by atoms with Crippen molar-refractivity contribution in [3.8, 4) is 0 Å². The fraction of sp³-hybridized carbons (Fsp3) is 0.400. The molecule has 0 aliphatic heterocycles. The molecule has 1 aromatic rings. The normalized spacial score (nSPS) is 12.1. The van der Waals surface area contributed by atoms with Crippen molar-refractivity contribution in [2.75, 3.05) is 0 Å². The molecule has 0 spiro atoms. The summed E-state index contributed by atoms with van der Waals surface area (Å²) in [6.07, 6.45) is 0.0144. The van der Waals surface area contributed by atoms with Gasteiger partial charge in [-0.3, -0.25) is 9.59 Å². The van der Waals surface area contributed by atoms with Crippen molar-refractivity contribution < 1.29 is 18.7 Å². The van der Waals surface area contributed by atoms with E-state index in [-0.39, 0.29) is 19.0 Å². The first-order chi connectivity index (χ1) is 7.49. The lowest BCUT2D eigenvalue weighted by atomic mass is 10.1. The number of carbonyl (C=O) groups excluding carboxylic acids is 2. The Bertz CT molecular complexity index is 386. The van der Waals surface area contributed by atoms with Gasteiger partial charge in [-0.15, -0.1) is 0 Å². The Balaban J connectivity index is 2.56. The van der Waals surface area contributed by atoms with Gasteiger partial charge in [0.25, 0.3) is 0 Å². The van der Waals surface area contributed by atoms with Crippen molar-refractivity contribution >= 4 is 11.9 Å². The first-order valence-electron chi connectivity index (χ1n) is 4.75. The van der Waals surface area contributed by atoms with Crippen molar-refractivity contribution in [2.45, 2.75) is 26.0 Å². The standard InChI is InChI=1S/C10H14N2O4/c1-6(13)15-5-7-2-3-9(16-7)8(11)4-10(12)14/h2-3,8H,4-5,11H2,1H3,(H2,12,14). The summed E-state index contributed by atoms with van der Waals surface area (Å²) in [5.74, 6) is 0.0379. The largest absolute Gasteiger partial charge is 0.461 e. The second-order valence-electron chi connectivity index (χ2n) is 3.36. The summed E-state index contributed by atoms with van der Waals surface area (Å²) < 4.78 is 10.0. The highest BCUT2D eigenvalue weighted by Crippen LogP contribution is 2.17. The van der Waals surface area contributed by atoms with E-state index in [9.17, 15) is 9.59 Å². The van der Waals surface area contributed by atoms with Gasteiger partial charge < -0.3 is 20.6 Å². The molecule has 0 aliphatic carbocycles. The molecule has 1 rings (SSSR count). The van der Waals surface area contributed by atoms with Crippen molar-refractivity contribution in [3.63, 3.8) is 0 Å². The van der Waals surface area contributed by atoms with Crippen LogP contribution in [-0.4, -0.2) is 11.9 Å². The number of amides is 1. The van der Waals surface area contributed by atoms with Gasteiger partial charge in [0.1, 0.15) is 18.1 Å². The summed E-state index contributed by atoms with van der Waals surface area (Å²) in [6, 6.07) is 2.70. The van der Waals surface area contributed by atoms with Crippen LogP contribution in [0.15, 0.2) is 16.5 Å². The molecule has 0 saturated heterocycles. The predicted octanol–water partition coefficient (Wildman–Crippen LogP) is 0.218. The lowest BCUT2D eigenvalue weighted by Crippen LogP contribution is -2.20. The molecule has 6 nitrogen and oxygen atoms in total. The first-order valence-corrected chi connectivity index (χ1v) is 4.75. The SMILES string of the molecule is CC(=O)OCc1ccc(C(N)CC(N)=O)o1. The summed E-state index contributed by atoms with van der Waals surface area (Å²) in [7, 11) is 0. The summed E-state index contributed by atoms with van der Waals surface area (Å²) in [6.45, 7) is 1.36. The monoisotopic (exact) mass is 226 g/mol. The number of hydrogen-bond donors (Lipinski definition) is 2. The van der Waals surface area contributed by atoms with Crippen LogP contribution in [0.1, 0.15) is 30.9 Å². The highest BCUT2D eigenvalue weighted by atomic mass is 16.5. The van der Waals surface area contributed by atoms with Crippen molar-refractivity contribution in [1.29, 1.82) is 0 Å². The third kappa shape index (κ3) is 3.74. The molecule has 0 radical (unpaired) electrons. The number of nitrogens with two attached hydrogens (primary N) is 2. The van der Waals surface area contributed by atoms with Crippen LogP contribution in [0.3, 0.4) is 0 Å². The van der Waals surface area contributed by atoms with Crippen LogP contribution in [0.2, 0.25) is 0 Å². The van der Waals surface area contributed by atoms with E-state index in [1.165, 1.54) is 6.92 Å². The van der Waals surface area contributed by atoms with E-state index in [1.807, 2.05) is 0 Å². The Morgan fingerprint density at radius 3 is 2.75 bits per heavy atom. The number of carbonyl (C=O) groups is 2. The predicted molar refractivity (Wildman–Crippen MR) is 54.9 cm³/mol. The Hall–Kier alpha value is -1.82. The minimum atomic E-state index is -0.566.